The third-order valence-corrected chi connectivity index (χ3v) is 3.63. The standard InChI is InChI=1S/C17H23N3O7/c1-27-17(26)13(7-10-5-3-2-4-6-10)20-16(25)12(8-14(22)23)19-15(24)11(18)9-21/h2-6,11-13,21H,7-9,18H2,1H3,(H,19,24)(H,20,25)(H,22,23)/t11-,12+,13+/m1/s1. The number of esters is 1. The highest BCUT2D eigenvalue weighted by Gasteiger charge is 2.30. The van der Waals surface area contributed by atoms with Crippen molar-refractivity contribution in [3.8, 4) is 0 Å². The molecule has 0 aromatic heterocycles. The molecule has 0 aliphatic heterocycles. The highest BCUT2D eigenvalue weighted by molar-refractivity contribution is 5.94. The van der Waals surface area contributed by atoms with Crippen LogP contribution in [0.4, 0.5) is 0 Å². The number of carbonyl (C=O) groups is 4. The smallest absolute Gasteiger partial charge is 0.328 e. The van der Waals surface area contributed by atoms with Crippen LogP contribution < -0.4 is 16.4 Å². The van der Waals surface area contributed by atoms with E-state index >= 15 is 0 Å². The first kappa shape index (κ1) is 22.1. The molecule has 148 valence electrons. The number of hydrogen-bond donors (Lipinski definition) is 5. The molecule has 10 heteroatoms. The van der Waals surface area contributed by atoms with Crippen LogP contribution in [-0.2, 0) is 30.3 Å². The summed E-state index contributed by atoms with van der Waals surface area (Å²) in [5.74, 6) is -3.84. The van der Waals surface area contributed by atoms with Gasteiger partial charge in [-0.25, -0.2) is 4.79 Å². The predicted octanol–water partition coefficient (Wildman–Crippen LogP) is -1.83. The number of aliphatic carboxylic acids is 1. The van der Waals surface area contributed by atoms with Crippen LogP contribution in [0.3, 0.4) is 0 Å². The van der Waals surface area contributed by atoms with Gasteiger partial charge >= 0.3 is 11.9 Å². The number of aliphatic hydroxyl groups is 1. The highest BCUT2D eigenvalue weighted by Crippen LogP contribution is 2.06. The van der Waals surface area contributed by atoms with Crippen LogP contribution in [0.5, 0.6) is 0 Å². The monoisotopic (exact) mass is 381 g/mol. The lowest BCUT2D eigenvalue weighted by Crippen LogP contribution is -2.56. The fraction of sp³-hybridized carbons (Fsp3) is 0.412. The molecule has 0 aliphatic carbocycles. The van der Waals surface area contributed by atoms with Crippen molar-refractivity contribution in [2.45, 2.75) is 31.0 Å². The summed E-state index contributed by atoms with van der Waals surface area (Å²) < 4.78 is 4.67. The average molecular weight is 381 g/mol. The van der Waals surface area contributed by atoms with Gasteiger partial charge in [-0.3, -0.25) is 14.4 Å². The number of aliphatic hydroxyl groups excluding tert-OH is 1. The summed E-state index contributed by atoms with van der Waals surface area (Å²) in [4.78, 5) is 47.2. The van der Waals surface area contributed by atoms with E-state index < -0.39 is 54.9 Å². The molecule has 0 spiro atoms. The Morgan fingerprint density at radius 1 is 1.07 bits per heavy atom. The van der Waals surface area contributed by atoms with E-state index in [1.54, 1.807) is 30.3 Å². The Balaban J connectivity index is 2.91. The second-order valence-electron chi connectivity index (χ2n) is 5.72. The van der Waals surface area contributed by atoms with Crippen molar-refractivity contribution in [2.24, 2.45) is 5.73 Å². The number of amides is 2. The Labute approximate surface area is 155 Å². The van der Waals surface area contributed by atoms with E-state index in [0.29, 0.717) is 0 Å². The molecule has 2 amide bonds. The van der Waals surface area contributed by atoms with Crippen LogP contribution in [0, 0.1) is 0 Å². The van der Waals surface area contributed by atoms with Crippen LogP contribution in [-0.4, -0.2) is 65.8 Å². The number of carbonyl (C=O) groups excluding carboxylic acids is 3. The molecule has 0 heterocycles. The Morgan fingerprint density at radius 3 is 2.19 bits per heavy atom. The van der Waals surface area contributed by atoms with Crippen molar-refractivity contribution in [2.75, 3.05) is 13.7 Å². The van der Waals surface area contributed by atoms with Gasteiger partial charge in [-0.05, 0) is 5.56 Å². The minimum Gasteiger partial charge on any atom is -0.481 e. The molecule has 0 unspecified atom stereocenters. The van der Waals surface area contributed by atoms with E-state index in [2.05, 4.69) is 15.4 Å². The highest BCUT2D eigenvalue weighted by atomic mass is 16.5. The van der Waals surface area contributed by atoms with Crippen molar-refractivity contribution in [3.05, 3.63) is 35.9 Å². The molecule has 1 aromatic carbocycles. The fourth-order valence-corrected chi connectivity index (χ4v) is 2.20. The van der Waals surface area contributed by atoms with Crippen LogP contribution in [0.2, 0.25) is 0 Å². The zero-order chi connectivity index (χ0) is 20.4. The van der Waals surface area contributed by atoms with E-state index in [4.69, 9.17) is 15.9 Å². The lowest BCUT2D eigenvalue weighted by Gasteiger charge is -2.22. The predicted molar refractivity (Wildman–Crippen MR) is 93.3 cm³/mol. The van der Waals surface area contributed by atoms with Gasteiger partial charge in [-0.15, -0.1) is 0 Å². The Kier molecular flexibility index (Phi) is 8.90. The van der Waals surface area contributed by atoms with E-state index in [9.17, 15) is 19.2 Å². The van der Waals surface area contributed by atoms with Gasteiger partial charge in [0.05, 0.1) is 20.1 Å². The number of methoxy groups -OCH3 is 1. The maximum Gasteiger partial charge on any atom is 0.328 e. The van der Waals surface area contributed by atoms with Gasteiger partial charge in [-0.2, -0.15) is 0 Å². The SMILES string of the molecule is COC(=O)[C@H](Cc1ccccc1)NC(=O)[C@H](CC(=O)O)NC(=O)[C@H](N)CO. The van der Waals surface area contributed by atoms with E-state index in [1.165, 1.54) is 0 Å². The molecule has 6 N–H and O–H groups in total. The summed E-state index contributed by atoms with van der Waals surface area (Å²) in [5.41, 5.74) is 6.10. The molecule has 1 aromatic rings. The lowest BCUT2D eigenvalue weighted by atomic mass is 10.0. The maximum atomic E-state index is 12.4. The molecule has 0 aliphatic rings. The fourth-order valence-electron chi connectivity index (χ4n) is 2.20. The Hall–Kier alpha value is -2.98. The summed E-state index contributed by atoms with van der Waals surface area (Å²) in [6, 6.07) is 4.94. The minimum absolute atomic E-state index is 0.114. The third-order valence-electron chi connectivity index (χ3n) is 3.63. The van der Waals surface area contributed by atoms with Gasteiger partial charge < -0.3 is 31.3 Å². The summed E-state index contributed by atoms with van der Waals surface area (Å²) >= 11 is 0. The average Bonchev–Trinajstić information content (AvgIpc) is 2.65. The molecular weight excluding hydrogens is 358 g/mol. The minimum atomic E-state index is -1.48. The molecule has 0 radical (unpaired) electrons. The van der Waals surface area contributed by atoms with Crippen LogP contribution in [0.1, 0.15) is 12.0 Å². The Morgan fingerprint density at radius 2 is 1.67 bits per heavy atom. The maximum absolute atomic E-state index is 12.4. The van der Waals surface area contributed by atoms with Gasteiger partial charge in [0.1, 0.15) is 18.1 Å². The number of benzene rings is 1. The van der Waals surface area contributed by atoms with Gasteiger partial charge in [0, 0.05) is 6.42 Å². The lowest BCUT2D eigenvalue weighted by molar-refractivity contribution is -0.145. The van der Waals surface area contributed by atoms with Crippen molar-refractivity contribution >= 4 is 23.8 Å². The zero-order valence-electron chi connectivity index (χ0n) is 14.8. The molecule has 10 nitrogen and oxygen atoms in total. The summed E-state index contributed by atoms with van der Waals surface area (Å²) in [6.45, 7) is -0.675. The number of ether oxygens (including phenoxy) is 1. The third kappa shape index (κ3) is 7.42. The number of hydrogen-bond acceptors (Lipinski definition) is 7. The first-order valence-electron chi connectivity index (χ1n) is 8.09. The second-order valence-corrected chi connectivity index (χ2v) is 5.72. The number of carboxylic acid groups (broad SMARTS) is 1. The molecular formula is C17H23N3O7. The molecule has 0 bridgehead atoms. The quantitative estimate of drug-likeness (QED) is 0.295. The second kappa shape index (κ2) is 10.9. The molecule has 27 heavy (non-hydrogen) atoms. The normalized spacial score (nSPS) is 13.7. The van der Waals surface area contributed by atoms with Crippen molar-refractivity contribution in [3.63, 3.8) is 0 Å². The zero-order valence-corrected chi connectivity index (χ0v) is 14.8. The first-order chi connectivity index (χ1) is 12.8. The van der Waals surface area contributed by atoms with Crippen LogP contribution >= 0.6 is 0 Å². The molecule has 1 rings (SSSR count). The largest absolute Gasteiger partial charge is 0.481 e. The molecule has 3 atom stereocenters. The van der Waals surface area contributed by atoms with E-state index in [-0.39, 0.29) is 6.42 Å². The Bertz CT molecular complexity index is 666. The summed E-state index contributed by atoms with van der Waals surface area (Å²) in [7, 11) is 1.16. The van der Waals surface area contributed by atoms with Crippen molar-refractivity contribution < 1.29 is 34.1 Å². The van der Waals surface area contributed by atoms with Gasteiger partial charge in [0.2, 0.25) is 11.8 Å². The molecule has 0 saturated heterocycles. The van der Waals surface area contributed by atoms with Crippen molar-refractivity contribution in [1.82, 2.24) is 10.6 Å². The summed E-state index contributed by atoms with van der Waals surface area (Å²) in [5, 5.41) is 22.4. The van der Waals surface area contributed by atoms with Gasteiger partial charge in [0.15, 0.2) is 0 Å². The molecule has 0 fully saturated rings. The number of nitrogens with two attached hydrogens (primary N) is 1. The van der Waals surface area contributed by atoms with Crippen LogP contribution in [0.15, 0.2) is 30.3 Å². The van der Waals surface area contributed by atoms with Crippen LogP contribution in [0.25, 0.3) is 0 Å². The number of carboxylic acids is 1. The number of nitrogens with one attached hydrogen (secondary N) is 2. The molecule has 0 saturated carbocycles. The summed E-state index contributed by atoms with van der Waals surface area (Å²) in [6.07, 6.45) is -0.613. The first-order valence-corrected chi connectivity index (χ1v) is 8.09. The van der Waals surface area contributed by atoms with E-state index in [1.807, 2.05) is 0 Å². The number of rotatable bonds is 10. The van der Waals surface area contributed by atoms with E-state index in [0.717, 1.165) is 12.7 Å². The topological polar surface area (TPSA) is 168 Å². The van der Waals surface area contributed by atoms with Gasteiger partial charge in [0.25, 0.3) is 0 Å². The van der Waals surface area contributed by atoms with Crippen molar-refractivity contribution in [1.29, 1.82) is 0 Å². The van der Waals surface area contributed by atoms with Gasteiger partial charge in [-0.1, -0.05) is 30.3 Å².